The Labute approximate surface area is 153 Å². The van der Waals surface area contributed by atoms with Gasteiger partial charge in [-0.05, 0) is 24.1 Å². The Hall–Kier alpha value is -2.37. The van der Waals surface area contributed by atoms with Crippen LogP contribution in [0.4, 0.5) is 0 Å². The number of benzene rings is 2. The predicted molar refractivity (Wildman–Crippen MR) is 101 cm³/mol. The second-order valence-electron chi connectivity index (χ2n) is 5.85. The minimum atomic E-state index is -0.293. The molecule has 3 aromatic rings. The van der Waals surface area contributed by atoms with Gasteiger partial charge in [0.1, 0.15) is 5.52 Å². The Morgan fingerprint density at radius 1 is 1.20 bits per heavy atom. The molecule has 2 aromatic carbocycles. The van der Waals surface area contributed by atoms with Crippen LogP contribution >= 0.6 is 12.4 Å². The van der Waals surface area contributed by atoms with Crippen LogP contribution < -0.4 is 11.1 Å². The molecule has 5 nitrogen and oxygen atoms in total. The zero-order chi connectivity index (χ0) is 16.9. The molecule has 0 bridgehead atoms. The molecule has 0 spiro atoms. The van der Waals surface area contributed by atoms with E-state index in [1.165, 1.54) is 0 Å². The first-order chi connectivity index (χ1) is 11.6. The van der Waals surface area contributed by atoms with Crippen molar-refractivity contribution in [1.82, 2.24) is 10.3 Å². The zero-order valence-electron chi connectivity index (χ0n) is 14.1. The summed E-state index contributed by atoms with van der Waals surface area (Å²) >= 11 is 0. The molecule has 1 atom stereocenters. The SMILES string of the molecule is Cc1cccc2oc(CCNC(=O)CC(N)c3ccccc3)nc12.Cl. The third-order valence-corrected chi connectivity index (χ3v) is 3.96. The van der Waals surface area contributed by atoms with E-state index in [9.17, 15) is 4.79 Å². The highest BCUT2D eigenvalue weighted by atomic mass is 35.5. The largest absolute Gasteiger partial charge is 0.441 e. The quantitative estimate of drug-likeness (QED) is 0.707. The number of para-hydroxylation sites is 1. The number of aryl methyl sites for hydroxylation is 1. The maximum Gasteiger partial charge on any atom is 0.221 e. The van der Waals surface area contributed by atoms with Crippen LogP contribution in [0.5, 0.6) is 0 Å². The first-order valence-electron chi connectivity index (χ1n) is 8.06. The second-order valence-corrected chi connectivity index (χ2v) is 5.85. The van der Waals surface area contributed by atoms with Crippen molar-refractivity contribution < 1.29 is 9.21 Å². The number of rotatable bonds is 6. The van der Waals surface area contributed by atoms with Crippen LogP contribution in [-0.2, 0) is 11.2 Å². The fourth-order valence-corrected chi connectivity index (χ4v) is 2.64. The van der Waals surface area contributed by atoms with Crippen molar-refractivity contribution in [2.45, 2.75) is 25.8 Å². The van der Waals surface area contributed by atoms with E-state index in [1.54, 1.807) is 0 Å². The van der Waals surface area contributed by atoms with Crippen LogP contribution in [-0.4, -0.2) is 17.4 Å². The first kappa shape index (κ1) is 19.0. The molecule has 3 N–H and O–H groups in total. The Bertz CT molecular complexity index is 833. The van der Waals surface area contributed by atoms with Crippen LogP contribution in [0.15, 0.2) is 52.9 Å². The third-order valence-electron chi connectivity index (χ3n) is 3.96. The number of hydrogen-bond acceptors (Lipinski definition) is 4. The molecule has 0 aliphatic rings. The van der Waals surface area contributed by atoms with Crippen LogP contribution in [0.25, 0.3) is 11.1 Å². The number of aromatic nitrogens is 1. The maximum atomic E-state index is 12.0. The Morgan fingerprint density at radius 3 is 2.68 bits per heavy atom. The molecule has 25 heavy (non-hydrogen) atoms. The summed E-state index contributed by atoms with van der Waals surface area (Å²) in [6.07, 6.45) is 0.817. The monoisotopic (exact) mass is 359 g/mol. The van der Waals surface area contributed by atoms with Crippen molar-refractivity contribution in [3.8, 4) is 0 Å². The molecule has 6 heteroatoms. The van der Waals surface area contributed by atoms with Gasteiger partial charge in [-0.3, -0.25) is 4.79 Å². The summed E-state index contributed by atoms with van der Waals surface area (Å²) in [5.41, 5.74) is 9.76. The van der Waals surface area contributed by atoms with E-state index in [4.69, 9.17) is 10.2 Å². The lowest BCUT2D eigenvalue weighted by molar-refractivity contribution is -0.121. The van der Waals surface area contributed by atoms with E-state index in [-0.39, 0.29) is 30.8 Å². The topological polar surface area (TPSA) is 81.2 Å². The van der Waals surface area contributed by atoms with Crippen LogP contribution in [0, 0.1) is 6.92 Å². The number of oxazole rings is 1. The summed E-state index contributed by atoms with van der Waals surface area (Å²) in [7, 11) is 0. The molecule has 0 fully saturated rings. The van der Waals surface area contributed by atoms with Crippen molar-refractivity contribution in [2.75, 3.05) is 6.54 Å². The van der Waals surface area contributed by atoms with E-state index in [0.29, 0.717) is 18.9 Å². The van der Waals surface area contributed by atoms with Gasteiger partial charge in [-0.1, -0.05) is 42.5 Å². The van der Waals surface area contributed by atoms with E-state index < -0.39 is 0 Å². The van der Waals surface area contributed by atoms with Gasteiger partial charge in [-0.15, -0.1) is 12.4 Å². The average molecular weight is 360 g/mol. The van der Waals surface area contributed by atoms with E-state index >= 15 is 0 Å². The van der Waals surface area contributed by atoms with Crippen LogP contribution in [0.2, 0.25) is 0 Å². The zero-order valence-corrected chi connectivity index (χ0v) is 14.9. The summed E-state index contributed by atoms with van der Waals surface area (Å²) < 4.78 is 5.69. The normalized spacial score (nSPS) is 11.8. The molecule has 0 saturated carbocycles. The molecule has 1 amide bonds. The first-order valence-corrected chi connectivity index (χ1v) is 8.06. The van der Waals surface area contributed by atoms with E-state index in [2.05, 4.69) is 10.3 Å². The Kier molecular flexibility index (Phi) is 6.56. The molecule has 1 heterocycles. The van der Waals surface area contributed by atoms with Gasteiger partial charge in [0, 0.05) is 25.4 Å². The highest BCUT2D eigenvalue weighted by Gasteiger charge is 2.12. The summed E-state index contributed by atoms with van der Waals surface area (Å²) in [5.74, 6) is 0.561. The number of nitrogens with two attached hydrogens (primary N) is 1. The fraction of sp³-hybridized carbons (Fsp3) is 0.263. The number of hydrogen-bond donors (Lipinski definition) is 2. The summed E-state index contributed by atoms with van der Waals surface area (Å²) in [4.78, 5) is 16.5. The second kappa shape index (κ2) is 8.65. The lowest BCUT2D eigenvalue weighted by atomic mass is 10.0. The van der Waals surface area contributed by atoms with Crippen LogP contribution in [0.1, 0.15) is 29.5 Å². The molecule has 132 valence electrons. The molecule has 0 saturated heterocycles. The fourth-order valence-electron chi connectivity index (χ4n) is 2.64. The average Bonchev–Trinajstić information content (AvgIpc) is 3.00. The number of nitrogens with zero attached hydrogens (tertiary/aromatic N) is 1. The standard InChI is InChI=1S/C19H21N3O2.ClH/c1-13-6-5-9-16-19(13)22-18(24-16)10-11-21-17(23)12-15(20)14-7-3-2-4-8-14;/h2-9,15H,10-12,20H2,1H3,(H,21,23);1H. The van der Waals surface area contributed by atoms with Gasteiger partial charge in [-0.2, -0.15) is 0 Å². The van der Waals surface area contributed by atoms with Crippen molar-refractivity contribution in [2.24, 2.45) is 5.73 Å². The van der Waals surface area contributed by atoms with E-state index in [0.717, 1.165) is 22.2 Å². The van der Waals surface area contributed by atoms with Gasteiger partial charge in [-0.25, -0.2) is 4.98 Å². The van der Waals surface area contributed by atoms with Crippen molar-refractivity contribution in [3.05, 3.63) is 65.5 Å². The van der Waals surface area contributed by atoms with Gasteiger partial charge >= 0.3 is 0 Å². The van der Waals surface area contributed by atoms with Gasteiger partial charge in [0.25, 0.3) is 0 Å². The summed E-state index contributed by atoms with van der Waals surface area (Å²) in [6.45, 7) is 2.48. The number of amides is 1. The van der Waals surface area contributed by atoms with Gasteiger partial charge < -0.3 is 15.5 Å². The molecule has 1 unspecified atom stereocenters. The maximum absolute atomic E-state index is 12.0. The Balaban J connectivity index is 0.00000225. The third kappa shape index (κ3) is 4.81. The molecular formula is C19H22ClN3O2. The highest BCUT2D eigenvalue weighted by molar-refractivity contribution is 5.85. The molecule has 1 aromatic heterocycles. The number of carbonyl (C=O) groups is 1. The van der Waals surface area contributed by atoms with Gasteiger partial charge in [0.2, 0.25) is 5.91 Å². The minimum Gasteiger partial charge on any atom is -0.441 e. The molecule has 3 rings (SSSR count). The predicted octanol–water partition coefficient (Wildman–Crippen LogP) is 3.31. The van der Waals surface area contributed by atoms with Crippen molar-refractivity contribution in [3.63, 3.8) is 0 Å². The van der Waals surface area contributed by atoms with E-state index in [1.807, 2.05) is 55.5 Å². The minimum absolute atomic E-state index is 0. The molecular weight excluding hydrogens is 338 g/mol. The van der Waals surface area contributed by atoms with Crippen molar-refractivity contribution in [1.29, 1.82) is 0 Å². The molecule has 0 radical (unpaired) electrons. The number of carbonyl (C=O) groups excluding carboxylic acids is 1. The van der Waals surface area contributed by atoms with Gasteiger partial charge in [0.15, 0.2) is 11.5 Å². The molecule has 0 aliphatic heterocycles. The van der Waals surface area contributed by atoms with Gasteiger partial charge in [0.05, 0.1) is 0 Å². The Morgan fingerprint density at radius 2 is 1.96 bits per heavy atom. The number of nitrogens with one attached hydrogen (secondary N) is 1. The lowest BCUT2D eigenvalue weighted by Crippen LogP contribution is -2.29. The van der Waals surface area contributed by atoms with Crippen LogP contribution in [0.3, 0.4) is 0 Å². The number of fused-ring (bicyclic) bond motifs is 1. The number of halogens is 1. The summed E-state index contributed by atoms with van der Waals surface area (Å²) in [5, 5.41) is 2.87. The molecule has 0 aliphatic carbocycles. The lowest BCUT2D eigenvalue weighted by Gasteiger charge is -2.11. The van der Waals surface area contributed by atoms with Crippen molar-refractivity contribution >= 4 is 29.4 Å². The summed E-state index contributed by atoms with van der Waals surface area (Å²) in [6, 6.07) is 15.2. The highest BCUT2D eigenvalue weighted by Crippen LogP contribution is 2.19. The smallest absolute Gasteiger partial charge is 0.221 e.